The molecule has 0 bridgehead atoms. The van der Waals surface area contributed by atoms with E-state index in [9.17, 15) is 13.2 Å². The van der Waals surface area contributed by atoms with Crippen LogP contribution < -0.4 is 11.2 Å². The van der Waals surface area contributed by atoms with Crippen LogP contribution in [-0.4, -0.2) is 25.9 Å². The van der Waals surface area contributed by atoms with Crippen LogP contribution in [0.25, 0.3) is 0 Å². The van der Waals surface area contributed by atoms with Crippen molar-refractivity contribution in [2.24, 2.45) is 10.8 Å². The van der Waals surface area contributed by atoms with Gasteiger partial charge in [0, 0.05) is 6.92 Å². The number of nitrogens with zero attached hydrogens (tertiary/aromatic N) is 1. The molecule has 7 heteroatoms. The molecule has 1 aromatic carbocycles. The monoisotopic (exact) mass is 255 g/mol. The molecule has 1 aromatic rings. The van der Waals surface area contributed by atoms with E-state index in [0.29, 0.717) is 0 Å². The number of nitrogens with two attached hydrogens (primary N) is 1. The van der Waals surface area contributed by atoms with E-state index in [1.807, 2.05) is 0 Å². The highest BCUT2D eigenvalue weighted by molar-refractivity contribution is 7.92. The zero-order valence-corrected chi connectivity index (χ0v) is 10.1. The molecule has 0 heterocycles. The van der Waals surface area contributed by atoms with Gasteiger partial charge in [-0.2, -0.15) is 5.10 Å². The number of hydrogen-bond acceptors (Lipinski definition) is 4. The van der Waals surface area contributed by atoms with Crippen molar-refractivity contribution in [1.29, 1.82) is 0 Å². The lowest BCUT2D eigenvalue weighted by molar-refractivity contribution is -0.118. The van der Waals surface area contributed by atoms with Crippen molar-refractivity contribution in [2.75, 3.05) is 5.75 Å². The average Bonchev–Trinajstić information content (AvgIpc) is 2.27. The predicted molar refractivity (Wildman–Crippen MR) is 63.9 cm³/mol. The third-order valence-electron chi connectivity index (χ3n) is 1.80. The number of sulfone groups is 1. The number of benzene rings is 1. The van der Waals surface area contributed by atoms with Gasteiger partial charge in [0.1, 0.15) is 11.6 Å². The fourth-order valence-corrected chi connectivity index (χ4v) is 2.28. The number of hydrogen-bond donors (Lipinski definition) is 2. The van der Waals surface area contributed by atoms with Crippen molar-refractivity contribution in [1.82, 2.24) is 5.43 Å². The lowest BCUT2D eigenvalue weighted by Gasteiger charge is -2.03. The van der Waals surface area contributed by atoms with E-state index in [2.05, 4.69) is 10.5 Å². The number of amidine groups is 1. The summed E-state index contributed by atoms with van der Waals surface area (Å²) in [6.45, 7) is 1.25. The predicted octanol–water partition coefficient (Wildman–Crippen LogP) is -0.131. The Hall–Kier alpha value is -1.89. The Morgan fingerprint density at radius 2 is 1.94 bits per heavy atom. The van der Waals surface area contributed by atoms with Gasteiger partial charge in [-0.15, -0.1) is 0 Å². The number of carbonyl (C=O) groups excluding carboxylic acids is 1. The molecule has 0 spiro atoms. The molecule has 0 aliphatic heterocycles. The normalized spacial score (nSPS) is 12.2. The Balaban J connectivity index is 2.81. The first-order valence-electron chi connectivity index (χ1n) is 4.78. The molecule has 0 unspecified atom stereocenters. The zero-order chi connectivity index (χ0) is 12.9. The molecular formula is C10H13N3O3S. The molecule has 1 amide bonds. The van der Waals surface area contributed by atoms with E-state index in [1.165, 1.54) is 19.1 Å². The van der Waals surface area contributed by atoms with Gasteiger partial charge in [-0.05, 0) is 12.1 Å². The lowest BCUT2D eigenvalue weighted by atomic mass is 10.4. The van der Waals surface area contributed by atoms with Gasteiger partial charge >= 0.3 is 0 Å². The van der Waals surface area contributed by atoms with E-state index >= 15 is 0 Å². The highest BCUT2D eigenvalue weighted by Crippen LogP contribution is 2.09. The Morgan fingerprint density at radius 1 is 1.35 bits per heavy atom. The maximum Gasteiger partial charge on any atom is 0.236 e. The summed E-state index contributed by atoms with van der Waals surface area (Å²) < 4.78 is 23.6. The fourth-order valence-electron chi connectivity index (χ4n) is 1.09. The van der Waals surface area contributed by atoms with E-state index < -0.39 is 21.5 Å². The Labute approximate surface area is 99.4 Å². The molecule has 6 nitrogen and oxygen atoms in total. The molecule has 0 fully saturated rings. The minimum Gasteiger partial charge on any atom is -0.385 e. The summed E-state index contributed by atoms with van der Waals surface area (Å²) in [5, 5.41) is 3.45. The van der Waals surface area contributed by atoms with Gasteiger partial charge in [-0.3, -0.25) is 4.79 Å². The molecular weight excluding hydrogens is 242 g/mol. The number of nitrogens with one attached hydrogen (secondary N) is 1. The van der Waals surface area contributed by atoms with E-state index in [1.54, 1.807) is 18.2 Å². The zero-order valence-electron chi connectivity index (χ0n) is 9.25. The van der Waals surface area contributed by atoms with Crippen molar-refractivity contribution in [3.63, 3.8) is 0 Å². The van der Waals surface area contributed by atoms with Crippen LogP contribution in [0.15, 0.2) is 40.3 Å². The third kappa shape index (κ3) is 4.23. The van der Waals surface area contributed by atoms with E-state index in [4.69, 9.17) is 5.73 Å². The highest BCUT2D eigenvalue weighted by Gasteiger charge is 2.15. The number of amides is 1. The summed E-state index contributed by atoms with van der Waals surface area (Å²) >= 11 is 0. The van der Waals surface area contributed by atoms with Crippen molar-refractivity contribution in [3.8, 4) is 0 Å². The number of rotatable bonds is 4. The van der Waals surface area contributed by atoms with Gasteiger partial charge in [0.2, 0.25) is 5.91 Å². The largest absolute Gasteiger partial charge is 0.385 e. The maximum atomic E-state index is 11.8. The van der Waals surface area contributed by atoms with Crippen LogP contribution in [0, 0.1) is 0 Å². The van der Waals surface area contributed by atoms with Gasteiger partial charge < -0.3 is 5.73 Å². The van der Waals surface area contributed by atoms with Crippen LogP contribution in [0.1, 0.15) is 6.92 Å². The second-order valence-corrected chi connectivity index (χ2v) is 5.33. The first kappa shape index (κ1) is 13.2. The minimum atomic E-state index is -3.51. The molecule has 92 valence electrons. The Bertz CT molecular complexity index is 523. The summed E-state index contributed by atoms with van der Waals surface area (Å²) in [6.07, 6.45) is 0. The van der Waals surface area contributed by atoms with Crippen molar-refractivity contribution in [2.45, 2.75) is 11.8 Å². The second kappa shape index (κ2) is 5.44. The maximum absolute atomic E-state index is 11.8. The van der Waals surface area contributed by atoms with Gasteiger partial charge in [-0.1, -0.05) is 18.2 Å². The summed E-state index contributed by atoms with van der Waals surface area (Å²) in [6, 6.07) is 7.90. The first-order chi connectivity index (χ1) is 7.92. The van der Waals surface area contributed by atoms with Crippen LogP contribution in [0.3, 0.4) is 0 Å². The van der Waals surface area contributed by atoms with Crippen LogP contribution in [-0.2, 0) is 14.6 Å². The van der Waals surface area contributed by atoms with Gasteiger partial charge in [0.05, 0.1) is 4.90 Å². The van der Waals surface area contributed by atoms with Crippen LogP contribution in [0.2, 0.25) is 0 Å². The minimum absolute atomic E-state index is 0.163. The number of carbonyl (C=O) groups is 1. The summed E-state index contributed by atoms with van der Waals surface area (Å²) in [5.41, 5.74) is 7.48. The highest BCUT2D eigenvalue weighted by atomic mass is 32.2. The van der Waals surface area contributed by atoms with E-state index in [-0.39, 0.29) is 10.7 Å². The third-order valence-corrected chi connectivity index (χ3v) is 3.46. The van der Waals surface area contributed by atoms with Gasteiger partial charge in [-0.25, -0.2) is 13.8 Å². The van der Waals surface area contributed by atoms with Crippen molar-refractivity contribution in [3.05, 3.63) is 30.3 Å². The van der Waals surface area contributed by atoms with Gasteiger partial charge in [0.15, 0.2) is 9.84 Å². The SMILES string of the molecule is CC(=O)N/N=C(\N)CS(=O)(=O)c1ccccc1. The molecule has 0 aliphatic rings. The van der Waals surface area contributed by atoms with Crippen LogP contribution in [0.5, 0.6) is 0 Å². The molecule has 0 atom stereocenters. The second-order valence-electron chi connectivity index (χ2n) is 3.34. The summed E-state index contributed by atoms with van der Waals surface area (Å²) in [5.74, 6) is -1.01. The molecule has 17 heavy (non-hydrogen) atoms. The van der Waals surface area contributed by atoms with Crippen LogP contribution >= 0.6 is 0 Å². The molecule has 0 aromatic heterocycles. The van der Waals surface area contributed by atoms with Crippen molar-refractivity contribution < 1.29 is 13.2 Å². The number of hydrazone groups is 1. The fraction of sp³-hybridized carbons (Fsp3) is 0.200. The first-order valence-corrected chi connectivity index (χ1v) is 6.43. The van der Waals surface area contributed by atoms with Crippen molar-refractivity contribution >= 4 is 21.6 Å². The summed E-state index contributed by atoms with van der Waals surface area (Å²) in [4.78, 5) is 10.7. The molecule has 0 saturated carbocycles. The smallest absolute Gasteiger partial charge is 0.236 e. The van der Waals surface area contributed by atoms with E-state index in [0.717, 1.165) is 0 Å². The molecule has 0 saturated heterocycles. The Morgan fingerprint density at radius 3 is 2.47 bits per heavy atom. The molecule has 3 N–H and O–H groups in total. The summed E-state index contributed by atoms with van der Waals surface area (Å²) in [7, 11) is -3.51. The molecule has 1 rings (SSSR count). The van der Waals surface area contributed by atoms with Crippen LogP contribution in [0.4, 0.5) is 0 Å². The molecule has 0 aliphatic carbocycles. The lowest BCUT2D eigenvalue weighted by Crippen LogP contribution is -2.28. The van der Waals surface area contributed by atoms with Gasteiger partial charge in [0.25, 0.3) is 0 Å². The standard InChI is InChI=1S/C10H13N3O3S/c1-8(14)12-13-10(11)7-17(15,16)9-5-3-2-4-6-9/h2-6H,7H2,1H3,(H2,11,13)(H,12,14). The quantitative estimate of drug-likeness (QED) is 0.444. The molecule has 0 radical (unpaired) electrons. The average molecular weight is 255 g/mol. The topological polar surface area (TPSA) is 102 Å². The Kier molecular flexibility index (Phi) is 4.22.